The average molecular weight is 586 g/mol. The number of aryl methyl sites for hydroxylation is 1. The average Bonchev–Trinajstić information content (AvgIpc) is 3.51. The number of amides is 2. The van der Waals surface area contributed by atoms with Crippen molar-refractivity contribution >= 4 is 40.5 Å². The molecule has 0 bridgehead atoms. The van der Waals surface area contributed by atoms with Crippen molar-refractivity contribution in [1.82, 2.24) is 24.1 Å². The lowest BCUT2D eigenvalue weighted by molar-refractivity contribution is -0.108. The Morgan fingerprint density at radius 2 is 2.10 bits per heavy atom. The van der Waals surface area contributed by atoms with Crippen LogP contribution in [0.4, 0.5) is 8.78 Å². The lowest BCUT2D eigenvalue weighted by atomic mass is 9.82. The number of hydrogen-bond acceptors (Lipinski definition) is 8. The van der Waals surface area contributed by atoms with Crippen LogP contribution in [0.5, 0.6) is 0 Å². The highest BCUT2D eigenvalue weighted by Crippen LogP contribution is 2.41. The Kier molecular flexibility index (Phi) is 10.2. The number of rotatable bonds is 10. The molecule has 4 rings (SSSR count). The first kappa shape index (κ1) is 30.3. The molecule has 2 amide bonds. The summed E-state index contributed by atoms with van der Waals surface area (Å²) in [5.41, 5.74) is 2.45. The van der Waals surface area contributed by atoms with E-state index < -0.39 is 5.92 Å². The van der Waals surface area contributed by atoms with E-state index in [0.717, 1.165) is 31.4 Å². The van der Waals surface area contributed by atoms with E-state index >= 15 is 0 Å². The molecule has 41 heavy (non-hydrogen) atoms. The van der Waals surface area contributed by atoms with Crippen molar-refractivity contribution in [2.75, 3.05) is 26.9 Å². The van der Waals surface area contributed by atoms with E-state index in [1.54, 1.807) is 11.0 Å². The third kappa shape index (κ3) is 7.54. The minimum absolute atomic E-state index is 0.119. The molecule has 2 aromatic heterocycles. The molecule has 0 aromatic carbocycles. The molecule has 0 spiro atoms. The number of alkyl halides is 2. The number of halogens is 2. The molecule has 13 heteroatoms. The van der Waals surface area contributed by atoms with Gasteiger partial charge in [0.1, 0.15) is 18.8 Å². The normalized spacial score (nSPS) is 17.0. The topological polar surface area (TPSA) is 116 Å². The van der Waals surface area contributed by atoms with Crippen molar-refractivity contribution in [2.45, 2.75) is 57.3 Å². The lowest BCUT2D eigenvalue weighted by Crippen LogP contribution is -2.34. The Hall–Kier alpha value is -3.68. The van der Waals surface area contributed by atoms with Crippen LogP contribution in [0, 0.1) is 29.1 Å². The maximum Gasteiger partial charge on any atom is 0.257 e. The van der Waals surface area contributed by atoms with E-state index in [1.807, 2.05) is 15.9 Å². The molecule has 2 fully saturated rings. The summed E-state index contributed by atoms with van der Waals surface area (Å²) in [7, 11) is 3.27. The van der Waals surface area contributed by atoms with Crippen LogP contribution >= 0.6 is 11.9 Å². The van der Waals surface area contributed by atoms with Crippen molar-refractivity contribution in [2.24, 2.45) is 18.1 Å². The van der Waals surface area contributed by atoms with Crippen LogP contribution in [-0.4, -0.2) is 69.0 Å². The summed E-state index contributed by atoms with van der Waals surface area (Å²) in [6.07, 6.45) is 6.80. The Morgan fingerprint density at radius 1 is 1.32 bits per heavy atom. The van der Waals surface area contributed by atoms with Crippen LogP contribution in [0.3, 0.4) is 0 Å². The molecular weight excluding hydrogens is 552 g/mol. The molecule has 1 saturated carbocycles. The van der Waals surface area contributed by atoms with Crippen molar-refractivity contribution < 1.29 is 23.2 Å². The number of amidine groups is 1. The monoisotopic (exact) mass is 585 g/mol. The van der Waals surface area contributed by atoms with Gasteiger partial charge in [0.05, 0.1) is 17.8 Å². The number of hydrogen-bond donors (Lipinski definition) is 1. The van der Waals surface area contributed by atoms with E-state index in [0.29, 0.717) is 61.2 Å². The number of carbonyl (C=O) groups excluding carboxylic acids is 2. The zero-order chi connectivity index (χ0) is 29.4. The fourth-order valence-electron chi connectivity index (χ4n) is 5.08. The zero-order valence-electron chi connectivity index (χ0n) is 23.2. The van der Waals surface area contributed by atoms with Crippen molar-refractivity contribution in [1.29, 1.82) is 5.26 Å². The van der Waals surface area contributed by atoms with Crippen LogP contribution in [-0.2, 0) is 23.1 Å². The fraction of sp³-hybridized carbons (Fsp3) is 0.536. The molecule has 10 nitrogen and oxygen atoms in total. The summed E-state index contributed by atoms with van der Waals surface area (Å²) in [5.74, 6) is 3.15. The van der Waals surface area contributed by atoms with Crippen LogP contribution < -0.4 is 5.32 Å². The first-order valence-corrected chi connectivity index (χ1v) is 14.3. The Morgan fingerprint density at radius 3 is 2.80 bits per heavy atom. The van der Waals surface area contributed by atoms with Gasteiger partial charge >= 0.3 is 0 Å². The first-order valence-electron chi connectivity index (χ1n) is 13.5. The third-order valence-electron chi connectivity index (χ3n) is 7.16. The van der Waals surface area contributed by atoms with Gasteiger partial charge in [-0.05, 0) is 25.3 Å². The van der Waals surface area contributed by atoms with Gasteiger partial charge < -0.3 is 19.6 Å². The number of unbranched alkanes of at least 4 members (excludes halogenated alkanes) is 4. The third-order valence-corrected chi connectivity index (χ3v) is 8.08. The largest absolute Gasteiger partial charge is 0.397 e. The van der Waals surface area contributed by atoms with Crippen molar-refractivity contribution in [3.8, 4) is 17.9 Å². The molecule has 1 N–H and O–H groups in total. The molecule has 0 atom stereocenters. The Labute approximate surface area is 242 Å². The number of nitrogens with zero attached hydrogens (tertiary/aromatic N) is 6. The molecular formula is C28H33F2N7O3S. The molecule has 3 heterocycles. The molecule has 2 aliphatic rings. The first-order chi connectivity index (χ1) is 19.8. The van der Waals surface area contributed by atoms with E-state index in [9.17, 15) is 23.6 Å². The lowest BCUT2D eigenvalue weighted by Gasteiger charge is -2.31. The maximum absolute atomic E-state index is 13.9. The van der Waals surface area contributed by atoms with Crippen LogP contribution in [0.2, 0.25) is 0 Å². The molecule has 218 valence electrons. The number of nitrogens with one attached hydrogen (secondary N) is 1. The summed E-state index contributed by atoms with van der Waals surface area (Å²) in [6.45, 7) is 1.36. The zero-order valence-corrected chi connectivity index (χ0v) is 24.0. The molecule has 0 unspecified atom stereocenters. The highest BCUT2D eigenvalue weighted by atomic mass is 32.2. The number of fused-ring (bicyclic) bond motifs is 1. The second-order valence-electron chi connectivity index (χ2n) is 10.1. The summed E-state index contributed by atoms with van der Waals surface area (Å²) in [5, 5.41) is 16.6. The van der Waals surface area contributed by atoms with Crippen molar-refractivity contribution in [3.63, 3.8) is 0 Å². The highest BCUT2D eigenvalue weighted by Gasteiger charge is 2.44. The van der Waals surface area contributed by atoms with Crippen molar-refractivity contribution in [3.05, 3.63) is 29.1 Å². The summed E-state index contributed by atoms with van der Waals surface area (Å²) < 4.78 is 29.7. The Balaban J connectivity index is 1.40. The van der Waals surface area contributed by atoms with Gasteiger partial charge in [-0.15, -0.1) is 5.92 Å². The van der Waals surface area contributed by atoms with Gasteiger partial charge in [0.25, 0.3) is 11.8 Å². The number of nitriles is 1. The van der Waals surface area contributed by atoms with Gasteiger partial charge in [0.2, 0.25) is 11.6 Å². The van der Waals surface area contributed by atoms with Gasteiger partial charge in [0, 0.05) is 74.5 Å². The predicted molar refractivity (Wildman–Crippen MR) is 152 cm³/mol. The smallest absolute Gasteiger partial charge is 0.257 e. The van der Waals surface area contributed by atoms with Gasteiger partial charge in [-0.25, -0.2) is 18.1 Å². The second-order valence-corrected chi connectivity index (χ2v) is 11.2. The molecule has 1 aliphatic carbocycles. The number of pyridine rings is 1. The van der Waals surface area contributed by atoms with Gasteiger partial charge in [-0.3, -0.25) is 9.59 Å². The van der Waals surface area contributed by atoms with E-state index in [-0.39, 0.29) is 29.8 Å². The minimum atomic E-state index is -2.53. The van der Waals surface area contributed by atoms with Gasteiger partial charge in [0.15, 0.2) is 0 Å². The number of oxime groups is 1. The maximum atomic E-state index is 13.9. The summed E-state index contributed by atoms with van der Waals surface area (Å²) in [4.78, 5) is 35.7. The van der Waals surface area contributed by atoms with Crippen LogP contribution in [0.1, 0.15) is 66.6 Å². The predicted octanol–water partition coefficient (Wildman–Crippen LogP) is 4.01. The Bertz CT molecular complexity index is 1400. The molecule has 1 aliphatic heterocycles. The van der Waals surface area contributed by atoms with E-state index in [2.05, 4.69) is 33.4 Å². The fourth-order valence-corrected chi connectivity index (χ4v) is 5.90. The quantitative estimate of drug-likeness (QED) is 0.0852. The van der Waals surface area contributed by atoms with Gasteiger partial charge in [-0.1, -0.05) is 23.9 Å². The van der Waals surface area contributed by atoms with E-state index in [4.69, 9.17) is 4.84 Å². The van der Waals surface area contributed by atoms with Gasteiger partial charge in [-0.2, -0.15) is 5.26 Å². The van der Waals surface area contributed by atoms with Crippen LogP contribution in [0.25, 0.3) is 11.0 Å². The minimum Gasteiger partial charge on any atom is -0.397 e. The molecule has 0 radical (unpaired) electrons. The second kappa shape index (κ2) is 13.8. The highest BCUT2D eigenvalue weighted by molar-refractivity contribution is 8.11. The number of aromatic nitrogens is 2. The summed E-state index contributed by atoms with van der Waals surface area (Å²) >= 11 is 1.19. The SMILES string of the molecule is CO/N=C(\NC=O)SN1CCN(C(=O)c2c(CCCCCCC#CC3CC(F)(F)C3)n(C)c3ncc(C#N)cc23)C1. The molecule has 2 aromatic rings. The summed E-state index contributed by atoms with van der Waals surface area (Å²) in [6, 6.07) is 3.83. The van der Waals surface area contributed by atoms with E-state index in [1.165, 1.54) is 25.3 Å². The van der Waals surface area contributed by atoms with Crippen LogP contribution in [0.15, 0.2) is 17.4 Å². The molecule has 1 saturated heterocycles. The number of carbonyl (C=O) groups is 2. The standard InChI is InChI=1S/C28H33F2N7O3S/c1-35-23(10-8-6-4-3-5-7-9-20-14-28(29,30)15-20)24(22-13-21(16-31)17-32-25(22)35)26(39)36-11-12-37(19-36)41-27(33-18-38)34-40-2/h13,17-18,20H,3-6,8,10-12,14-15,19H2,1-2H3,(H,33,34,38).